The van der Waals surface area contributed by atoms with Crippen LogP contribution in [-0.2, 0) is 14.8 Å². The zero-order chi connectivity index (χ0) is 18.7. The number of nitrogens with zero attached hydrogens (tertiary/aromatic N) is 2. The number of carbonyl (C=O) groups excluding carboxylic acids is 1. The van der Waals surface area contributed by atoms with Gasteiger partial charge in [-0.05, 0) is 42.6 Å². The Morgan fingerprint density at radius 3 is 2.38 bits per heavy atom. The minimum Gasteiger partial charge on any atom is -0.481 e. The molecule has 0 spiro atoms. The molecule has 1 aliphatic rings. The van der Waals surface area contributed by atoms with E-state index >= 15 is 0 Å². The molecule has 1 fully saturated rings. The molecule has 0 aliphatic carbocycles. The van der Waals surface area contributed by atoms with Crippen LogP contribution in [0.5, 0.6) is 5.75 Å². The fraction of sp³-hybridized carbons (Fsp3) is 0.353. The molecular weight excluding hydrogens is 396 g/mol. The van der Waals surface area contributed by atoms with E-state index in [4.69, 9.17) is 16.3 Å². The molecule has 26 heavy (non-hydrogen) atoms. The van der Waals surface area contributed by atoms with Crippen LogP contribution in [0.3, 0.4) is 0 Å². The van der Waals surface area contributed by atoms with Crippen molar-refractivity contribution in [1.82, 2.24) is 9.21 Å². The Hall–Kier alpha value is -1.61. The first kappa shape index (κ1) is 19.2. The van der Waals surface area contributed by atoms with Gasteiger partial charge < -0.3 is 9.64 Å². The van der Waals surface area contributed by atoms with Crippen LogP contribution in [0.15, 0.2) is 46.0 Å². The fourth-order valence-electron chi connectivity index (χ4n) is 2.71. The lowest BCUT2D eigenvalue weighted by atomic mass is 10.2. The lowest BCUT2D eigenvalue weighted by Gasteiger charge is -2.34. The molecule has 2 heterocycles. The number of hydrogen-bond donors (Lipinski definition) is 0. The van der Waals surface area contributed by atoms with Gasteiger partial charge in [0.15, 0.2) is 6.10 Å². The summed E-state index contributed by atoms with van der Waals surface area (Å²) in [5.74, 6) is 0.405. The third-order valence-corrected chi connectivity index (χ3v) is 7.64. The lowest BCUT2D eigenvalue weighted by molar-refractivity contribution is -0.139. The minimum atomic E-state index is -3.47. The second-order valence-electron chi connectivity index (χ2n) is 5.88. The van der Waals surface area contributed by atoms with Crippen molar-refractivity contribution in [2.24, 2.45) is 0 Å². The summed E-state index contributed by atoms with van der Waals surface area (Å²) in [6.45, 7) is 2.93. The van der Waals surface area contributed by atoms with E-state index in [1.165, 1.54) is 15.6 Å². The maximum atomic E-state index is 12.6. The smallest absolute Gasteiger partial charge is 0.263 e. The van der Waals surface area contributed by atoms with Crippen molar-refractivity contribution in [1.29, 1.82) is 0 Å². The van der Waals surface area contributed by atoms with Gasteiger partial charge >= 0.3 is 0 Å². The van der Waals surface area contributed by atoms with Gasteiger partial charge in [0.1, 0.15) is 9.96 Å². The number of hydrogen-bond acceptors (Lipinski definition) is 5. The number of sulfonamides is 1. The van der Waals surface area contributed by atoms with Crippen LogP contribution >= 0.6 is 22.9 Å². The summed E-state index contributed by atoms with van der Waals surface area (Å²) in [5.41, 5.74) is 0. The zero-order valence-corrected chi connectivity index (χ0v) is 16.6. The van der Waals surface area contributed by atoms with E-state index in [0.29, 0.717) is 28.1 Å². The van der Waals surface area contributed by atoms with Crippen molar-refractivity contribution in [2.45, 2.75) is 17.2 Å². The van der Waals surface area contributed by atoms with E-state index in [0.717, 1.165) is 0 Å². The number of ether oxygens (including phenoxy) is 1. The van der Waals surface area contributed by atoms with Crippen molar-refractivity contribution in [3.05, 3.63) is 46.8 Å². The summed E-state index contributed by atoms with van der Waals surface area (Å²) in [5, 5.41) is 2.34. The van der Waals surface area contributed by atoms with Gasteiger partial charge in [-0.3, -0.25) is 4.79 Å². The Balaban J connectivity index is 1.57. The molecule has 140 valence electrons. The van der Waals surface area contributed by atoms with E-state index in [9.17, 15) is 13.2 Å². The van der Waals surface area contributed by atoms with E-state index in [-0.39, 0.29) is 19.0 Å². The zero-order valence-electron chi connectivity index (χ0n) is 14.2. The molecule has 0 radical (unpaired) electrons. The van der Waals surface area contributed by atoms with Crippen molar-refractivity contribution >= 4 is 38.9 Å². The average Bonchev–Trinajstić information content (AvgIpc) is 3.18. The van der Waals surface area contributed by atoms with E-state index in [1.807, 2.05) is 0 Å². The molecule has 0 N–H and O–H groups in total. The number of amides is 1. The number of benzene rings is 1. The quantitative estimate of drug-likeness (QED) is 0.754. The van der Waals surface area contributed by atoms with Crippen LogP contribution in [0.25, 0.3) is 0 Å². The number of thiophene rings is 1. The Morgan fingerprint density at radius 1 is 1.15 bits per heavy atom. The highest BCUT2D eigenvalue weighted by Gasteiger charge is 2.32. The SMILES string of the molecule is C[C@H](Oc1ccc(Cl)cc1)C(=O)N1CCN(S(=O)(=O)c2cccs2)CC1. The van der Waals surface area contributed by atoms with Gasteiger partial charge in [-0.25, -0.2) is 8.42 Å². The molecule has 1 atom stereocenters. The first-order valence-electron chi connectivity index (χ1n) is 8.12. The van der Waals surface area contributed by atoms with Crippen LogP contribution in [0.1, 0.15) is 6.92 Å². The van der Waals surface area contributed by atoms with Crippen molar-refractivity contribution in [3.8, 4) is 5.75 Å². The highest BCUT2D eigenvalue weighted by molar-refractivity contribution is 7.91. The summed E-state index contributed by atoms with van der Waals surface area (Å²) >= 11 is 7.03. The molecular formula is C17H19ClN2O4S2. The van der Waals surface area contributed by atoms with Gasteiger partial charge in [0.25, 0.3) is 15.9 Å². The second-order valence-corrected chi connectivity index (χ2v) is 9.42. The van der Waals surface area contributed by atoms with Gasteiger partial charge in [-0.2, -0.15) is 4.31 Å². The average molecular weight is 415 g/mol. The van der Waals surface area contributed by atoms with Gasteiger partial charge in [-0.15, -0.1) is 11.3 Å². The third kappa shape index (κ3) is 4.20. The fourth-order valence-corrected chi connectivity index (χ4v) is 5.40. The standard InChI is InChI=1S/C17H19ClN2O4S2/c1-13(24-15-6-4-14(18)5-7-15)17(21)19-8-10-20(11-9-19)26(22,23)16-3-2-12-25-16/h2-7,12-13H,8-11H2,1H3/t13-/m0/s1. The van der Waals surface area contributed by atoms with Gasteiger partial charge in [-0.1, -0.05) is 17.7 Å². The first-order chi connectivity index (χ1) is 12.4. The summed E-state index contributed by atoms with van der Waals surface area (Å²) in [6, 6.07) is 10.1. The normalized spacial score (nSPS) is 17.1. The Labute approximate surface area is 162 Å². The largest absolute Gasteiger partial charge is 0.481 e. The molecule has 3 rings (SSSR count). The van der Waals surface area contributed by atoms with Crippen LogP contribution in [0.2, 0.25) is 5.02 Å². The molecule has 9 heteroatoms. The van der Waals surface area contributed by atoms with E-state index in [1.54, 1.807) is 53.6 Å². The molecule has 6 nitrogen and oxygen atoms in total. The highest BCUT2D eigenvalue weighted by Crippen LogP contribution is 2.22. The molecule has 0 unspecified atom stereocenters. The van der Waals surface area contributed by atoms with Gasteiger partial charge in [0.05, 0.1) is 0 Å². The molecule has 1 saturated heterocycles. The maximum absolute atomic E-state index is 12.6. The van der Waals surface area contributed by atoms with Crippen molar-refractivity contribution in [3.63, 3.8) is 0 Å². The summed E-state index contributed by atoms with van der Waals surface area (Å²) in [6.07, 6.45) is -0.656. The lowest BCUT2D eigenvalue weighted by Crippen LogP contribution is -2.53. The second kappa shape index (κ2) is 7.96. The number of piperazine rings is 1. The van der Waals surface area contributed by atoms with Crippen molar-refractivity contribution < 1.29 is 17.9 Å². The summed E-state index contributed by atoms with van der Waals surface area (Å²) < 4.78 is 32.5. The van der Waals surface area contributed by atoms with Crippen LogP contribution in [-0.4, -0.2) is 55.8 Å². The maximum Gasteiger partial charge on any atom is 0.263 e. The molecule has 1 amide bonds. The van der Waals surface area contributed by atoms with E-state index < -0.39 is 16.1 Å². The highest BCUT2D eigenvalue weighted by atomic mass is 35.5. The minimum absolute atomic E-state index is 0.159. The summed E-state index contributed by atoms with van der Waals surface area (Å²) in [7, 11) is -3.47. The molecule has 1 aromatic carbocycles. The number of carbonyl (C=O) groups is 1. The third-order valence-electron chi connectivity index (χ3n) is 4.11. The number of rotatable bonds is 5. The van der Waals surface area contributed by atoms with Crippen LogP contribution in [0, 0.1) is 0 Å². The van der Waals surface area contributed by atoms with Gasteiger partial charge in [0.2, 0.25) is 0 Å². The molecule has 0 saturated carbocycles. The first-order valence-corrected chi connectivity index (χ1v) is 10.8. The van der Waals surface area contributed by atoms with Crippen LogP contribution in [0.4, 0.5) is 0 Å². The monoisotopic (exact) mass is 414 g/mol. The predicted octanol–water partition coefficient (Wildman–Crippen LogP) is 2.70. The van der Waals surface area contributed by atoms with E-state index in [2.05, 4.69) is 0 Å². The Bertz CT molecular complexity index is 845. The van der Waals surface area contributed by atoms with Crippen molar-refractivity contribution in [2.75, 3.05) is 26.2 Å². The Kier molecular flexibility index (Phi) is 5.86. The van der Waals surface area contributed by atoms with Gasteiger partial charge in [0, 0.05) is 31.2 Å². The molecule has 1 aliphatic heterocycles. The molecule has 0 bridgehead atoms. The predicted molar refractivity (Wildman–Crippen MR) is 101 cm³/mol. The topological polar surface area (TPSA) is 66.9 Å². The molecule has 2 aromatic rings. The van der Waals surface area contributed by atoms with Crippen LogP contribution < -0.4 is 4.74 Å². The molecule has 1 aromatic heterocycles. The number of halogens is 1. The Morgan fingerprint density at radius 2 is 1.81 bits per heavy atom. The summed E-state index contributed by atoms with van der Waals surface area (Å²) in [4.78, 5) is 14.2.